The van der Waals surface area contributed by atoms with Crippen molar-refractivity contribution >= 4 is 57.5 Å². The molecule has 9 nitrogen and oxygen atoms in total. The van der Waals surface area contributed by atoms with Crippen molar-refractivity contribution in [3.8, 4) is 17.6 Å². The predicted octanol–water partition coefficient (Wildman–Crippen LogP) is 8.12. The number of carbonyl (C=O) groups excluding carboxylic acids is 2. The topological polar surface area (TPSA) is 114 Å². The van der Waals surface area contributed by atoms with E-state index in [4.69, 9.17) is 37.4 Å². The Morgan fingerprint density at radius 1 is 1.09 bits per heavy atom. The van der Waals surface area contributed by atoms with Crippen molar-refractivity contribution in [3.63, 3.8) is 0 Å². The van der Waals surface area contributed by atoms with Gasteiger partial charge < -0.3 is 24.4 Å². The highest BCUT2D eigenvalue weighted by Crippen LogP contribution is 2.38. The van der Waals surface area contributed by atoms with Crippen LogP contribution in [0.3, 0.4) is 0 Å². The molecule has 4 aromatic rings. The van der Waals surface area contributed by atoms with Gasteiger partial charge in [0.15, 0.2) is 11.5 Å². The zero-order valence-corrected chi connectivity index (χ0v) is 26.3. The van der Waals surface area contributed by atoms with E-state index in [1.54, 1.807) is 6.07 Å². The maximum atomic E-state index is 14.9. The van der Waals surface area contributed by atoms with Crippen molar-refractivity contribution in [3.05, 3.63) is 88.3 Å². The summed E-state index contributed by atoms with van der Waals surface area (Å²) in [6, 6.07) is 17.1. The first-order valence-corrected chi connectivity index (χ1v) is 15.0. The van der Waals surface area contributed by atoms with E-state index < -0.39 is 17.9 Å². The Morgan fingerprint density at radius 3 is 2.56 bits per heavy atom. The van der Waals surface area contributed by atoms with Gasteiger partial charge in [-0.2, -0.15) is 5.26 Å². The lowest BCUT2D eigenvalue weighted by molar-refractivity contribution is -0.132. The molecule has 1 aromatic heterocycles. The van der Waals surface area contributed by atoms with Crippen molar-refractivity contribution in [2.75, 3.05) is 24.9 Å². The lowest BCUT2D eigenvalue weighted by Crippen LogP contribution is -2.32. The van der Waals surface area contributed by atoms with Gasteiger partial charge in [0.2, 0.25) is 0 Å². The Bertz CT molecular complexity index is 1720. The number of nitrogens with one attached hydrogen (secondary N) is 1. The minimum Gasteiger partial charge on any atom is -0.493 e. The van der Waals surface area contributed by atoms with Crippen LogP contribution in [-0.4, -0.2) is 41.5 Å². The number of nitrogens with zero attached hydrogens (tertiary/aromatic N) is 3. The van der Waals surface area contributed by atoms with Gasteiger partial charge in [-0.15, -0.1) is 11.6 Å². The summed E-state index contributed by atoms with van der Waals surface area (Å²) < 4.78 is 31.2. The molecule has 0 saturated carbocycles. The Hall–Kier alpha value is -4.59. The molecule has 4 rings (SSSR count). The lowest BCUT2D eigenvalue weighted by atomic mass is 10.1. The summed E-state index contributed by atoms with van der Waals surface area (Å²) in [5, 5.41) is 13.4. The van der Waals surface area contributed by atoms with Crippen molar-refractivity contribution in [1.82, 2.24) is 9.88 Å². The number of esters is 1. The number of methoxy groups -OCH3 is 1. The van der Waals surface area contributed by atoms with E-state index >= 15 is 0 Å². The summed E-state index contributed by atoms with van der Waals surface area (Å²) in [5.41, 5.74) is 2.46. The minimum atomic E-state index is -0.682. The SMILES string of the molecule is COc1cc2ncc(C#N)c(Nc3cc(Cl)c(F)cc3CN(CCCCCCl)C(=O)OCc3ccccc3)c2cc1OC(C)=O. The fraction of sp³-hybridized carbons (Fsp3) is 0.273. The predicted molar refractivity (Wildman–Crippen MR) is 171 cm³/mol. The smallest absolute Gasteiger partial charge is 0.410 e. The van der Waals surface area contributed by atoms with Crippen LogP contribution in [0.5, 0.6) is 11.5 Å². The van der Waals surface area contributed by atoms with Gasteiger partial charge in [0.1, 0.15) is 18.5 Å². The van der Waals surface area contributed by atoms with Crippen molar-refractivity contribution in [1.29, 1.82) is 5.26 Å². The van der Waals surface area contributed by atoms with Crippen LogP contribution in [0.4, 0.5) is 20.6 Å². The number of pyridine rings is 1. The molecule has 0 saturated heterocycles. The first-order chi connectivity index (χ1) is 21.7. The number of amides is 1. The zero-order valence-electron chi connectivity index (χ0n) is 24.7. The average Bonchev–Trinajstić information content (AvgIpc) is 3.03. The highest BCUT2D eigenvalue weighted by Gasteiger charge is 2.21. The second-order valence-electron chi connectivity index (χ2n) is 10.0. The van der Waals surface area contributed by atoms with Crippen LogP contribution in [0.1, 0.15) is 42.9 Å². The first kappa shape index (κ1) is 33.3. The largest absolute Gasteiger partial charge is 0.493 e. The van der Waals surface area contributed by atoms with Crippen molar-refractivity contribution < 1.29 is 28.2 Å². The molecule has 1 amide bonds. The maximum absolute atomic E-state index is 14.9. The van der Waals surface area contributed by atoms with Crippen LogP contribution >= 0.6 is 23.2 Å². The van der Waals surface area contributed by atoms with Gasteiger partial charge in [0, 0.05) is 42.7 Å². The molecule has 0 unspecified atom stereocenters. The van der Waals surface area contributed by atoms with E-state index in [1.165, 1.54) is 43.3 Å². The molecule has 1 N–H and O–H groups in total. The number of hydrogen-bond donors (Lipinski definition) is 1. The third-order valence-electron chi connectivity index (χ3n) is 6.82. The number of unbranched alkanes of at least 4 members (excludes halogenated alkanes) is 2. The third-order valence-corrected chi connectivity index (χ3v) is 7.38. The Labute approximate surface area is 270 Å². The second kappa shape index (κ2) is 15.9. The number of aromatic nitrogens is 1. The summed E-state index contributed by atoms with van der Waals surface area (Å²) in [6.45, 7) is 1.64. The van der Waals surface area contributed by atoms with E-state index in [-0.39, 0.29) is 35.2 Å². The number of ether oxygens (including phenoxy) is 3. The molecule has 0 aliphatic heterocycles. The summed E-state index contributed by atoms with van der Waals surface area (Å²) in [4.78, 5) is 30.9. The van der Waals surface area contributed by atoms with Gasteiger partial charge in [0.05, 0.1) is 35.4 Å². The zero-order chi connectivity index (χ0) is 32.3. The fourth-order valence-corrected chi connectivity index (χ4v) is 4.96. The molecule has 0 aliphatic carbocycles. The molecular weight excluding hydrogens is 622 g/mol. The number of carbonyl (C=O) groups is 2. The van der Waals surface area contributed by atoms with E-state index in [0.717, 1.165) is 18.4 Å². The lowest BCUT2D eigenvalue weighted by Gasteiger charge is -2.24. The molecule has 45 heavy (non-hydrogen) atoms. The number of fused-ring (bicyclic) bond motifs is 1. The summed E-state index contributed by atoms with van der Waals surface area (Å²) in [6.07, 6.45) is 3.03. The Morgan fingerprint density at radius 2 is 1.87 bits per heavy atom. The number of nitriles is 1. The highest BCUT2D eigenvalue weighted by molar-refractivity contribution is 6.31. The van der Waals surface area contributed by atoms with Crippen LogP contribution in [0.25, 0.3) is 10.9 Å². The second-order valence-corrected chi connectivity index (χ2v) is 10.8. The van der Waals surface area contributed by atoms with E-state index in [1.807, 2.05) is 30.3 Å². The molecule has 0 bridgehead atoms. The average molecular weight is 654 g/mol. The van der Waals surface area contributed by atoms with Crippen LogP contribution in [0.15, 0.2) is 60.8 Å². The standard InChI is InChI=1S/C33H31Cl2FN4O5/c1-21(41)45-31-14-25-29(16-30(31)43-2)38-18-24(17-37)32(25)39-28-15-26(35)27(36)13-23(28)19-40(12-8-4-7-11-34)33(42)44-20-22-9-5-3-6-10-22/h3,5-6,9-10,13-16,18H,4,7-8,11-12,19-20H2,1-2H3,(H,38,39). The third kappa shape index (κ3) is 8.75. The number of benzene rings is 3. The first-order valence-electron chi connectivity index (χ1n) is 14.1. The number of rotatable bonds is 13. The summed E-state index contributed by atoms with van der Waals surface area (Å²) in [7, 11) is 1.43. The van der Waals surface area contributed by atoms with E-state index in [2.05, 4.69) is 16.4 Å². The van der Waals surface area contributed by atoms with Gasteiger partial charge in [-0.05, 0) is 42.2 Å². The van der Waals surface area contributed by atoms with Crippen LogP contribution < -0.4 is 14.8 Å². The highest BCUT2D eigenvalue weighted by atomic mass is 35.5. The molecule has 3 aromatic carbocycles. The van der Waals surface area contributed by atoms with Gasteiger partial charge in [-0.1, -0.05) is 48.4 Å². The molecule has 12 heteroatoms. The molecule has 0 atom stereocenters. The molecule has 0 spiro atoms. The molecular formula is C33H31Cl2FN4O5. The normalized spacial score (nSPS) is 10.7. The molecule has 1 heterocycles. The van der Waals surface area contributed by atoms with Gasteiger partial charge in [0.25, 0.3) is 0 Å². The molecule has 0 radical (unpaired) electrons. The molecule has 0 aliphatic rings. The quantitative estimate of drug-likeness (QED) is 0.0666. The number of anilines is 2. The summed E-state index contributed by atoms with van der Waals surface area (Å²) in [5.74, 6) is -0.353. The van der Waals surface area contributed by atoms with Gasteiger partial charge in [-0.3, -0.25) is 9.78 Å². The van der Waals surface area contributed by atoms with E-state index in [9.17, 15) is 19.2 Å². The van der Waals surface area contributed by atoms with Crippen LogP contribution in [0, 0.1) is 17.1 Å². The molecule has 0 fully saturated rings. The van der Waals surface area contributed by atoms with Crippen molar-refractivity contribution in [2.45, 2.75) is 39.3 Å². The number of hydrogen-bond acceptors (Lipinski definition) is 8. The Kier molecular flexibility index (Phi) is 11.8. The van der Waals surface area contributed by atoms with Crippen LogP contribution in [-0.2, 0) is 22.7 Å². The Balaban J connectivity index is 1.72. The van der Waals surface area contributed by atoms with Gasteiger partial charge in [-0.25, -0.2) is 9.18 Å². The van der Waals surface area contributed by atoms with Gasteiger partial charge >= 0.3 is 12.1 Å². The summed E-state index contributed by atoms with van der Waals surface area (Å²) >= 11 is 12.1. The monoisotopic (exact) mass is 652 g/mol. The van der Waals surface area contributed by atoms with Crippen molar-refractivity contribution in [2.24, 2.45) is 0 Å². The minimum absolute atomic E-state index is 0.0255. The van der Waals surface area contributed by atoms with E-state index in [0.29, 0.717) is 46.7 Å². The maximum Gasteiger partial charge on any atom is 0.410 e. The number of alkyl halides is 1. The fourth-order valence-electron chi connectivity index (χ4n) is 4.61. The molecule has 234 valence electrons. The number of halogens is 3. The van der Waals surface area contributed by atoms with Crippen LogP contribution in [0.2, 0.25) is 5.02 Å².